The van der Waals surface area contributed by atoms with Crippen molar-refractivity contribution in [3.05, 3.63) is 103 Å². The van der Waals surface area contributed by atoms with Crippen LogP contribution in [-0.2, 0) is 9.31 Å². The molecule has 1 saturated heterocycles. The normalized spacial score (nSPS) is 16.8. The Morgan fingerprint density at radius 3 is 1.54 bits per heavy atom. The number of fused-ring (bicyclic) bond motifs is 7. The van der Waals surface area contributed by atoms with Crippen LogP contribution in [0.25, 0.3) is 54.2 Å². The van der Waals surface area contributed by atoms with E-state index in [1.807, 2.05) is 0 Å². The first-order valence-electron chi connectivity index (χ1n) is 13.0. The van der Waals surface area contributed by atoms with Crippen molar-refractivity contribution in [3.8, 4) is 11.1 Å². The number of benzene rings is 6. The Morgan fingerprint density at radius 1 is 0.459 bits per heavy atom. The van der Waals surface area contributed by atoms with Crippen LogP contribution in [-0.4, -0.2) is 18.3 Å². The monoisotopic (exact) mass is 480 g/mol. The van der Waals surface area contributed by atoms with Crippen LogP contribution in [0.3, 0.4) is 0 Å². The Morgan fingerprint density at radius 2 is 0.919 bits per heavy atom. The Hall–Kier alpha value is -3.66. The van der Waals surface area contributed by atoms with E-state index in [0.717, 1.165) is 5.46 Å². The summed E-state index contributed by atoms with van der Waals surface area (Å²) < 4.78 is 12.6. The Balaban J connectivity index is 1.32. The largest absolute Gasteiger partial charge is 0.494 e. The Bertz CT molecular complexity index is 1800. The molecule has 0 unspecified atom stereocenters. The highest BCUT2D eigenvalue weighted by atomic mass is 16.7. The molecule has 2 nitrogen and oxygen atoms in total. The second kappa shape index (κ2) is 7.92. The minimum absolute atomic E-state index is 0.345. The number of hydrogen-bond acceptors (Lipinski definition) is 2. The molecule has 6 aromatic rings. The van der Waals surface area contributed by atoms with Gasteiger partial charge in [-0.3, -0.25) is 0 Å². The first-order valence-corrected chi connectivity index (χ1v) is 13.0. The van der Waals surface area contributed by atoms with Crippen LogP contribution >= 0.6 is 0 Å². The van der Waals surface area contributed by atoms with Crippen molar-refractivity contribution >= 4 is 55.7 Å². The highest BCUT2D eigenvalue weighted by Gasteiger charge is 2.51. The summed E-state index contributed by atoms with van der Waals surface area (Å²) in [5, 5.41) is 10.2. The summed E-state index contributed by atoms with van der Waals surface area (Å²) in [4.78, 5) is 0. The molecule has 3 heteroatoms. The smallest absolute Gasteiger partial charge is 0.399 e. The lowest BCUT2D eigenvalue weighted by molar-refractivity contribution is 0.00578. The summed E-state index contributed by atoms with van der Waals surface area (Å²) in [7, 11) is -0.349. The number of rotatable bonds is 2. The van der Waals surface area contributed by atoms with Gasteiger partial charge in [-0.1, -0.05) is 91.0 Å². The summed E-state index contributed by atoms with van der Waals surface area (Å²) in [6.45, 7) is 8.37. The highest BCUT2D eigenvalue weighted by Crippen LogP contribution is 2.38. The molecule has 37 heavy (non-hydrogen) atoms. The van der Waals surface area contributed by atoms with Crippen LogP contribution in [0.2, 0.25) is 0 Å². The Labute approximate surface area is 218 Å². The fourth-order valence-corrected chi connectivity index (χ4v) is 5.66. The molecule has 6 aromatic carbocycles. The molecular weight excluding hydrogens is 451 g/mol. The predicted octanol–water partition coefficient (Wildman–Crippen LogP) is 8.27. The predicted molar refractivity (Wildman–Crippen MR) is 158 cm³/mol. The summed E-state index contributed by atoms with van der Waals surface area (Å²) in [5.41, 5.74) is 2.81. The van der Waals surface area contributed by atoms with Gasteiger partial charge in [0.1, 0.15) is 0 Å². The van der Waals surface area contributed by atoms with Gasteiger partial charge in [-0.25, -0.2) is 0 Å². The van der Waals surface area contributed by atoms with Crippen molar-refractivity contribution in [2.45, 2.75) is 38.9 Å². The molecule has 1 aliphatic heterocycles. The maximum Gasteiger partial charge on any atom is 0.494 e. The average Bonchev–Trinajstić information content (AvgIpc) is 3.14. The molecule has 0 N–H and O–H groups in total. The van der Waals surface area contributed by atoms with Crippen LogP contribution in [0.4, 0.5) is 0 Å². The van der Waals surface area contributed by atoms with Gasteiger partial charge in [-0.2, -0.15) is 0 Å². The molecular formula is C34H29BO2. The van der Waals surface area contributed by atoms with E-state index in [0.29, 0.717) is 0 Å². The molecule has 180 valence electrons. The van der Waals surface area contributed by atoms with Gasteiger partial charge in [-0.05, 0) is 99.5 Å². The van der Waals surface area contributed by atoms with E-state index in [4.69, 9.17) is 9.31 Å². The molecule has 7 rings (SSSR count). The molecule has 0 saturated carbocycles. The summed E-state index contributed by atoms with van der Waals surface area (Å²) in [6.07, 6.45) is 0. The zero-order valence-corrected chi connectivity index (χ0v) is 21.7. The topological polar surface area (TPSA) is 18.5 Å². The standard InChI is InChI=1S/C34H29BO2/c1-33(2)34(3,4)37-35(36-33)26-17-15-23-19-22(13-14-24(23)20-26)25-16-18-31-29-11-6-5-9-27(29)28-10-7-8-12-30(28)32(31)21-25/h5-21H,1-4H3. The lowest BCUT2D eigenvalue weighted by Crippen LogP contribution is -2.41. The first kappa shape index (κ1) is 22.5. The molecule has 0 atom stereocenters. The minimum atomic E-state index is -0.349. The Kier molecular flexibility index (Phi) is 4.82. The van der Waals surface area contributed by atoms with Crippen molar-refractivity contribution < 1.29 is 9.31 Å². The minimum Gasteiger partial charge on any atom is -0.399 e. The lowest BCUT2D eigenvalue weighted by atomic mass is 9.78. The summed E-state index contributed by atoms with van der Waals surface area (Å²) >= 11 is 0. The molecule has 1 aliphatic rings. The van der Waals surface area contributed by atoms with Gasteiger partial charge in [0, 0.05) is 0 Å². The van der Waals surface area contributed by atoms with Crippen LogP contribution in [0.5, 0.6) is 0 Å². The third-order valence-electron chi connectivity index (χ3n) is 8.47. The van der Waals surface area contributed by atoms with Crippen LogP contribution in [0.15, 0.2) is 103 Å². The van der Waals surface area contributed by atoms with Gasteiger partial charge in [0.15, 0.2) is 0 Å². The van der Waals surface area contributed by atoms with Crippen molar-refractivity contribution in [2.75, 3.05) is 0 Å². The van der Waals surface area contributed by atoms with Gasteiger partial charge < -0.3 is 9.31 Å². The van der Waals surface area contributed by atoms with Gasteiger partial charge >= 0.3 is 7.12 Å². The van der Waals surface area contributed by atoms with Gasteiger partial charge in [0.25, 0.3) is 0 Å². The zero-order chi connectivity index (χ0) is 25.4. The average molecular weight is 480 g/mol. The van der Waals surface area contributed by atoms with E-state index >= 15 is 0 Å². The zero-order valence-electron chi connectivity index (χ0n) is 21.7. The summed E-state index contributed by atoms with van der Waals surface area (Å²) in [5.74, 6) is 0. The molecule has 0 aliphatic carbocycles. The second-order valence-electron chi connectivity index (χ2n) is 11.3. The quantitative estimate of drug-likeness (QED) is 0.183. The van der Waals surface area contributed by atoms with Crippen molar-refractivity contribution in [1.29, 1.82) is 0 Å². The van der Waals surface area contributed by atoms with E-state index in [9.17, 15) is 0 Å². The van der Waals surface area contributed by atoms with E-state index in [1.165, 1.54) is 54.2 Å². The second-order valence-corrected chi connectivity index (χ2v) is 11.3. The van der Waals surface area contributed by atoms with E-state index in [1.54, 1.807) is 0 Å². The van der Waals surface area contributed by atoms with E-state index in [-0.39, 0.29) is 18.3 Å². The lowest BCUT2D eigenvalue weighted by Gasteiger charge is -2.32. The molecule has 0 spiro atoms. The highest BCUT2D eigenvalue weighted by molar-refractivity contribution is 6.62. The molecule has 0 aromatic heterocycles. The fourth-order valence-electron chi connectivity index (χ4n) is 5.66. The van der Waals surface area contributed by atoms with Crippen molar-refractivity contribution in [3.63, 3.8) is 0 Å². The maximum atomic E-state index is 6.28. The molecule has 0 bridgehead atoms. The van der Waals surface area contributed by atoms with Gasteiger partial charge in [0.05, 0.1) is 11.2 Å². The maximum absolute atomic E-state index is 6.28. The summed E-state index contributed by atoms with van der Waals surface area (Å²) in [6, 6.07) is 37.6. The van der Waals surface area contributed by atoms with Crippen molar-refractivity contribution in [1.82, 2.24) is 0 Å². The van der Waals surface area contributed by atoms with Crippen LogP contribution in [0, 0.1) is 0 Å². The van der Waals surface area contributed by atoms with E-state index < -0.39 is 0 Å². The van der Waals surface area contributed by atoms with Crippen molar-refractivity contribution in [2.24, 2.45) is 0 Å². The third-order valence-corrected chi connectivity index (χ3v) is 8.47. The molecule has 0 radical (unpaired) electrons. The number of hydrogen-bond donors (Lipinski definition) is 0. The van der Waals surface area contributed by atoms with Gasteiger partial charge in [-0.15, -0.1) is 0 Å². The molecule has 1 heterocycles. The molecule has 1 fully saturated rings. The fraction of sp³-hybridized carbons (Fsp3) is 0.176. The third kappa shape index (κ3) is 3.49. The SMILES string of the molecule is CC1(C)OB(c2ccc3cc(-c4ccc5c6ccccc6c6ccccc6c5c4)ccc3c2)OC1(C)C. The van der Waals surface area contributed by atoms with Crippen LogP contribution < -0.4 is 5.46 Å². The van der Waals surface area contributed by atoms with Gasteiger partial charge in [0.2, 0.25) is 0 Å². The van der Waals surface area contributed by atoms with E-state index in [2.05, 4.69) is 131 Å². The molecule has 0 amide bonds. The first-order chi connectivity index (χ1) is 17.8. The van der Waals surface area contributed by atoms with Crippen LogP contribution in [0.1, 0.15) is 27.7 Å².